The van der Waals surface area contributed by atoms with Gasteiger partial charge in [0.05, 0.1) is 19.1 Å². The highest BCUT2D eigenvalue weighted by Crippen LogP contribution is 2.35. The van der Waals surface area contributed by atoms with Gasteiger partial charge in [0.1, 0.15) is 0 Å². The molecule has 0 aromatic rings. The van der Waals surface area contributed by atoms with E-state index in [-0.39, 0.29) is 12.1 Å². The minimum absolute atomic E-state index is 0.121. The van der Waals surface area contributed by atoms with E-state index in [4.69, 9.17) is 14.6 Å². The van der Waals surface area contributed by atoms with Crippen LogP contribution in [0.1, 0.15) is 38.5 Å². The molecule has 0 radical (unpaired) electrons. The molecule has 0 aromatic carbocycles. The maximum atomic E-state index is 12.3. The minimum Gasteiger partial charge on any atom is -0.481 e. The Morgan fingerprint density at radius 2 is 1.82 bits per heavy atom. The number of nitrogens with zero attached hydrogens (tertiary/aromatic N) is 1. The summed E-state index contributed by atoms with van der Waals surface area (Å²) in [6, 6.07) is -0.0173. The largest absolute Gasteiger partial charge is 0.481 e. The molecule has 22 heavy (non-hydrogen) atoms. The first-order valence-corrected chi connectivity index (χ1v) is 8.14. The Hall–Kier alpha value is -1.34. The summed E-state index contributed by atoms with van der Waals surface area (Å²) in [5.74, 6) is -1.66. The standard InChI is InChI=1S/C15H24N2O5/c18-13(19)11-2-1-7-17(10-11)14(20)16-12-3-5-15(6-4-12)21-8-9-22-15/h11-12H,1-10H2,(H,16,20)(H,18,19). The van der Waals surface area contributed by atoms with Crippen molar-refractivity contribution < 1.29 is 24.2 Å². The molecule has 1 unspecified atom stereocenters. The lowest BCUT2D eigenvalue weighted by Gasteiger charge is -2.37. The first-order valence-electron chi connectivity index (χ1n) is 8.14. The average molecular weight is 312 g/mol. The summed E-state index contributed by atoms with van der Waals surface area (Å²) >= 11 is 0. The van der Waals surface area contributed by atoms with Gasteiger partial charge in [-0.2, -0.15) is 0 Å². The van der Waals surface area contributed by atoms with Gasteiger partial charge in [-0.05, 0) is 25.7 Å². The quantitative estimate of drug-likeness (QED) is 0.799. The van der Waals surface area contributed by atoms with E-state index in [1.807, 2.05) is 0 Å². The highest BCUT2D eigenvalue weighted by atomic mass is 16.7. The normalized spacial score (nSPS) is 28.7. The predicted molar refractivity (Wildman–Crippen MR) is 77.4 cm³/mol. The van der Waals surface area contributed by atoms with Gasteiger partial charge in [0.25, 0.3) is 0 Å². The van der Waals surface area contributed by atoms with Crippen molar-refractivity contribution >= 4 is 12.0 Å². The van der Waals surface area contributed by atoms with Gasteiger partial charge in [0.15, 0.2) is 5.79 Å². The Morgan fingerprint density at radius 3 is 2.45 bits per heavy atom. The summed E-state index contributed by atoms with van der Waals surface area (Å²) in [4.78, 5) is 25.0. The third-order valence-corrected chi connectivity index (χ3v) is 4.95. The Kier molecular flexibility index (Phi) is 4.54. The molecule has 1 spiro atoms. The molecule has 1 aliphatic carbocycles. The molecule has 1 atom stereocenters. The fraction of sp³-hybridized carbons (Fsp3) is 0.867. The molecule has 3 fully saturated rings. The van der Waals surface area contributed by atoms with Gasteiger partial charge in [-0.15, -0.1) is 0 Å². The molecule has 124 valence electrons. The van der Waals surface area contributed by atoms with E-state index in [0.717, 1.165) is 32.1 Å². The number of amides is 2. The van der Waals surface area contributed by atoms with Crippen LogP contribution in [-0.4, -0.2) is 60.1 Å². The van der Waals surface area contributed by atoms with Gasteiger partial charge < -0.3 is 24.8 Å². The number of nitrogens with one attached hydrogen (secondary N) is 1. The summed E-state index contributed by atoms with van der Waals surface area (Å²) < 4.78 is 11.4. The second-order valence-corrected chi connectivity index (χ2v) is 6.45. The predicted octanol–water partition coefficient (Wildman–Crippen LogP) is 1.18. The minimum atomic E-state index is -0.812. The highest BCUT2D eigenvalue weighted by Gasteiger charge is 2.41. The van der Waals surface area contributed by atoms with Crippen molar-refractivity contribution in [2.75, 3.05) is 26.3 Å². The number of carboxylic acid groups (broad SMARTS) is 1. The second kappa shape index (κ2) is 6.42. The molecule has 7 heteroatoms. The van der Waals surface area contributed by atoms with Crippen LogP contribution in [-0.2, 0) is 14.3 Å². The number of hydrogen-bond acceptors (Lipinski definition) is 4. The first-order chi connectivity index (χ1) is 10.6. The molecule has 3 rings (SSSR count). The van der Waals surface area contributed by atoms with Crippen molar-refractivity contribution in [3.05, 3.63) is 0 Å². The number of ether oxygens (including phenoxy) is 2. The van der Waals surface area contributed by atoms with Crippen LogP contribution in [0.5, 0.6) is 0 Å². The van der Waals surface area contributed by atoms with Crippen LogP contribution in [0, 0.1) is 5.92 Å². The van der Waals surface area contributed by atoms with Crippen LogP contribution in [0.25, 0.3) is 0 Å². The lowest BCUT2D eigenvalue weighted by molar-refractivity contribution is -0.179. The van der Waals surface area contributed by atoms with Crippen molar-refractivity contribution in [2.24, 2.45) is 5.92 Å². The fourth-order valence-electron chi connectivity index (χ4n) is 3.62. The SMILES string of the molecule is O=C(O)C1CCCN(C(=O)NC2CCC3(CC2)OCCO3)C1. The molecular weight excluding hydrogens is 288 g/mol. The van der Waals surface area contributed by atoms with Crippen molar-refractivity contribution in [3.63, 3.8) is 0 Å². The molecule has 2 amide bonds. The molecule has 2 heterocycles. The first kappa shape index (κ1) is 15.6. The number of urea groups is 1. The van der Waals surface area contributed by atoms with Crippen molar-refractivity contribution in [1.82, 2.24) is 10.2 Å². The van der Waals surface area contributed by atoms with Crippen LogP contribution < -0.4 is 5.32 Å². The van der Waals surface area contributed by atoms with Crippen molar-refractivity contribution in [1.29, 1.82) is 0 Å². The number of rotatable bonds is 2. The van der Waals surface area contributed by atoms with Crippen LogP contribution in [0.2, 0.25) is 0 Å². The molecular formula is C15H24N2O5. The number of piperidine rings is 1. The molecule has 2 saturated heterocycles. The van der Waals surface area contributed by atoms with Crippen molar-refractivity contribution in [2.45, 2.75) is 50.4 Å². The van der Waals surface area contributed by atoms with E-state index in [1.54, 1.807) is 4.90 Å². The zero-order chi connectivity index (χ0) is 15.6. The summed E-state index contributed by atoms with van der Waals surface area (Å²) in [6.07, 6.45) is 4.68. The molecule has 2 aliphatic heterocycles. The van der Waals surface area contributed by atoms with Gasteiger partial charge in [-0.1, -0.05) is 0 Å². The summed E-state index contributed by atoms with van der Waals surface area (Å²) in [5.41, 5.74) is 0. The highest BCUT2D eigenvalue weighted by molar-refractivity contribution is 5.76. The number of aliphatic carboxylic acids is 1. The lowest BCUT2D eigenvalue weighted by atomic mass is 9.90. The number of hydrogen-bond donors (Lipinski definition) is 2. The number of carboxylic acids is 1. The summed E-state index contributed by atoms with van der Waals surface area (Å²) in [5, 5.41) is 12.1. The zero-order valence-electron chi connectivity index (χ0n) is 12.8. The maximum absolute atomic E-state index is 12.3. The van der Waals surface area contributed by atoms with E-state index < -0.39 is 17.7 Å². The number of likely N-dealkylation sites (tertiary alicyclic amines) is 1. The van der Waals surface area contributed by atoms with Gasteiger partial charge in [-0.25, -0.2) is 4.79 Å². The molecule has 3 aliphatic rings. The Morgan fingerprint density at radius 1 is 1.14 bits per heavy atom. The summed E-state index contributed by atoms with van der Waals surface area (Å²) in [6.45, 7) is 2.26. The average Bonchev–Trinajstić information content (AvgIpc) is 2.98. The van der Waals surface area contributed by atoms with Crippen LogP contribution >= 0.6 is 0 Å². The Balaban J connectivity index is 1.47. The van der Waals surface area contributed by atoms with Gasteiger partial charge in [0.2, 0.25) is 0 Å². The fourth-order valence-corrected chi connectivity index (χ4v) is 3.62. The second-order valence-electron chi connectivity index (χ2n) is 6.45. The third kappa shape index (κ3) is 3.35. The van der Waals surface area contributed by atoms with E-state index in [2.05, 4.69) is 5.32 Å². The number of carbonyl (C=O) groups is 2. The van der Waals surface area contributed by atoms with E-state index in [1.165, 1.54) is 0 Å². The van der Waals surface area contributed by atoms with Crippen LogP contribution in [0.3, 0.4) is 0 Å². The lowest BCUT2D eigenvalue weighted by Crippen LogP contribution is -2.51. The van der Waals surface area contributed by atoms with Gasteiger partial charge >= 0.3 is 12.0 Å². The molecule has 2 N–H and O–H groups in total. The summed E-state index contributed by atoms with van der Waals surface area (Å²) in [7, 11) is 0. The Labute approximate surface area is 129 Å². The molecule has 0 bridgehead atoms. The zero-order valence-corrected chi connectivity index (χ0v) is 12.8. The van der Waals surface area contributed by atoms with Crippen LogP contribution in [0.15, 0.2) is 0 Å². The molecule has 7 nitrogen and oxygen atoms in total. The smallest absolute Gasteiger partial charge is 0.317 e. The molecule has 1 saturated carbocycles. The van der Waals surface area contributed by atoms with E-state index >= 15 is 0 Å². The maximum Gasteiger partial charge on any atom is 0.317 e. The van der Waals surface area contributed by atoms with Gasteiger partial charge in [-0.3, -0.25) is 4.79 Å². The van der Waals surface area contributed by atoms with E-state index in [9.17, 15) is 9.59 Å². The van der Waals surface area contributed by atoms with Crippen LogP contribution in [0.4, 0.5) is 4.79 Å². The topological polar surface area (TPSA) is 88.1 Å². The van der Waals surface area contributed by atoms with Crippen molar-refractivity contribution in [3.8, 4) is 0 Å². The molecule has 0 aromatic heterocycles. The Bertz CT molecular complexity index is 426. The number of carbonyl (C=O) groups excluding carboxylic acids is 1. The van der Waals surface area contributed by atoms with E-state index in [0.29, 0.717) is 32.7 Å². The third-order valence-electron chi connectivity index (χ3n) is 4.95. The van der Waals surface area contributed by atoms with Gasteiger partial charge in [0, 0.05) is 32.0 Å². The monoisotopic (exact) mass is 312 g/mol.